The fraction of sp³-hybridized carbons (Fsp3) is 0.350. The topological polar surface area (TPSA) is 66.0 Å². The molecule has 0 saturated heterocycles. The quantitative estimate of drug-likeness (QED) is 0.824. The first kappa shape index (κ1) is 17.9. The number of carbonyl (C=O) groups excluding carboxylic acids is 1. The van der Waals surface area contributed by atoms with E-state index in [2.05, 4.69) is 5.32 Å². The van der Waals surface area contributed by atoms with Crippen molar-refractivity contribution < 1.29 is 23.7 Å². The van der Waals surface area contributed by atoms with Crippen LogP contribution in [0.25, 0.3) is 0 Å². The predicted molar refractivity (Wildman–Crippen MR) is 97.4 cm³/mol. The molecule has 3 rings (SSSR count). The van der Waals surface area contributed by atoms with Crippen molar-refractivity contribution in [2.45, 2.75) is 20.4 Å². The average Bonchev–Trinajstić information content (AvgIpc) is 2.67. The molecule has 1 amide bonds. The minimum Gasteiger partial charge on any atom is -0.490 e. The lowest BCUT2D eigenvalue weighted by Crippen LogP contribution is -2.23. The minimum atomic E-state index is -0.177. The van der Waals surface area contributed by atoms with Crippen LogP contribution < -0.4 is 24.3 Å². The summed E-state index contributed by atoms with van der Waals surface area (Å²) in [6.45, 7) is 6.33. The number of ether oxygens (including phenoxy) is 4. The van der Waals surface area contributed by atoms with Gasteiger partial charge in [-0.25, -0.2) is 0 Å². The molecule has 0 radical (unpaired) electrons. The molecule has 0 bridgehead atoms. The van der Waals surface area contributed by atoms with Crippen LogP contribution in [0, 0.1) is 0 Å². The molecule has 1 heterocycles. The number of carbonyl (C=O) groups is 1. The third-order valence-corrected chi connectivity index (χ3v) is 3.87. The Bertz CT molecular complexity index is 775. The summed E-state index contributed by atoms with van der Waals surface area (Å²) in [5.74, 6) is 2.48. The largest absolute Gasteiger partial charge is 0.490 e. The van der Waals surface area contributed by atoms with Gasteiger partial charge >= 0.3 is 0 Å². The summed E-state index contributed by atoms with van der Waals surface area (Å²) in [6.07, 6.45) is 0. The van der Waals surface area contributed by atoms with E-state index in [9.17, 15) is 4.79 Å². The molecule has 6 heteroatoms. The molecule has 1 aliphatic rings. The maximum absolute atomic E-state index is 12.5. The third-order valence-electron chi connectivity index (χ3n) is 3.87. The molecule has 0 saturated carbocycles. The fourth-order valence-corrected chi connectivity index (χ4v) is 2.67. The van der Waals surface area contributed by atoms with Crippen LogP contribution in [0.3, 0.4) is 0 Å². The zero-order valence-corrected chi connectivity index (χ0v) is 15.0. The lowest BCUT2D eigenvalue weighted by molar-refractivity contribution is 0.0950. The van der Waals surface area contributed by atoms with E-state index in [1.54, 1.807) is 18.2 Å². The highest BCUT2D eigenvalue weighted by atomic mass is 16.6. The summed E-state index contributed by atoms with van der Waals surface area (Å²) >= 11 is 0. The molecule has 26 heavy (non-hydrogen) atoms. The van der Waals surface area contributed by atoms with E-state index in [1.807, 2.05) is 32.0 Å². The molecule has 0 aromatic heterocycles. The van der Waals surface area contributed by atoms with E-state index in [4.69, 9.17) is 18.9 Å². The predicted octanol–water partition coefficient (Wildman–Crippen LogP) is 3.19. The fourth-order valence-electron chi connectivity index (χ4n) is 2.67. The van der Waals surface area contributed by atoms with Crippen LogP contribution >= 0.6 is 0 Å². The summed E-state index contributed by atoms with van der Waals surface area (Å²) in [5.41, 5.74) is 1.47. The lowest BCUT2D eigenvalue weighted by Gasteiger charge is -2.19. The first-order chi connectivity index (χ1) is 12.7. The molecule has 1 aliphatic heterocycles. The molecular weight excluding hydrogens is 334 g/mol. The molecule has 138 valence electrons. The van der Waals surface area contributed by atoms with Crippen molar-refractivity contribution in [1.82, 2.24) is 5.32 Å². The number of hydrogen-bond acceptors (Lipinski definition) is 5. The van der Waals surface area contributed by atoms with Crippen LogP contribution in [0.5, 0.6) is 23.0 Å². The van der Waals surface area contributed by atoms with Crippen molar-refractivity contribution in [3.63, 3.8) is 0 Å². The number of nitrogens with one attached hydrogen (secondary N) is 1. The van der Waals surface area contributed by atoms with Crippen LogP contribution in [-0.4, -0.2) is 32.3 Å². The van der Waals surface area contributed by atoms with Gasteiger partial charge in [0.15, 0.2) is 23.0 Å². The summed E-state index contributed by atoms with van der Waals surface area (Å²) in [6, 6.07) is 10.9. The highest BCUT2D eigenvalue weighted by molar-refractivity contribution is 5.94. The van der Waals surface area contributed by atoms with E-state index < -0.39 is 0 Å². The van der Waals surface area contributed by atoms with Gasteiger partial charge in [-0.3, -0.25) is 4.79 Å². The molecule has 0 unspecified atom stereocenters. The van der Waals surface area contributed by atoms with Gasteiger partial charge in [0, 0.05) is 12.1 Å². The molecule has 0 fully saturated rings. The van der Waals surface area contributed by atoms with Crippen molar-refractivity contribution in [3.05, 3.63) is 47.5 Å². The van der Waals surface area contributed by atoms with E-state index in [0.29, 0.717) is 55.8 Å². The van der Waals surface area contributed by atoms with Crippen LogP contribution in [0.1, 0.15) is 29.8 Å². The highest BCUT2D eigenvalue weighted by Crippen LogP contribution is 2.31. The van der Waals surface area contributed by atoms with Crippen LogP contribution in [-0.2, 0) is 6.54 Å². The van der Waals surface area contributed by atoms with Gasteiger partial charge in [0.05, 0.1) is 13.2 Å². The second-order valence-corrected chi connectivity index (χ2v) is 5.69. The van der Waals surface area contributed by atoms with Crippen molar-refractivity contribution in [1.29, 1.82) is 0 Å². The minimum absolute atomic E-state index is 0.177. The standard InChI is InChI=1S/C20H23NO5/c1-3-23-16-8-6-15(12-19(16)24-4-2)20(22)21-13-14-5-7-17-18(11-14)26-10-9-25-17/h5-8,11-12H,3-4,9-10,13H2,1-2H3,(H,21,22). The summed E-state index contributed by atoms with van der Waals surface area (Å²) < 4.78 is 22.2. The van der Waals surface area contributed by atoms with E-state index >= 15 is 0 Å². The second kappa shape index (κ2) is 8.47. The maximum Gasteiger partial charge on any atom is 0.251 e. The van der Waals surface area contributed by atoms with Gasteiger partial charge in [0.25, 0.3) is 5.91 Å². The van der Waals surface area contributed by atoms with Crippen LogP contribution in [0.15, 0.2) is 36.4 Å². The van der Waals surface area contributed by atoms with Gasteiger partial charge < -0.3 is 24.3 Å². The van der Waals surface area contributed by atoms with Crippen molar-refractivity contribution >= 4 is 5.91 Å². The number of fused-ring (bicyclic) bond motifs is 1. The molecule has 1 N–H and O–H groups in total. The zero-order chi connectivity index (χ0) is 18.4. The van der Waals surface area contributed by atoms with Gasteiger partial charge in [-0.1, -0.05) is 6.07 Å². The van der Waals surface area contributed by atoms with Crippen LogP contribution in [0.2, 0.25) is 0 Å². The Morgan fingerprint density at radius 1 is 0.962 bits per heavy atom. The lowest BCUT2D eigenvalue weighted by atomic mass is 10.1. The van der Waals surface area contributed by atoms with E-state index in [1.165, 1.54) is 0 Å². The first-order valence-corrected chi connectivity index (χ1v) is 8.77. The van der Waals surface area contributed by atoms with Crippen LogP contribution in [0.4, 0.5) is 0 Å². The van der Waals surface area contributed by atoms with Gasteiger partial charge in [0.2, 0.25) is 0 Å². The van der Waals surface area contributed by atoms with E-state index in [-0.39, 0.29) is 5.91 Å². The van der Waals surface area contributed by atoms with Gasteiger partial charge in [0.1, 0.15) is 13.2 Å². The molecule has 0 aliphatic carbocycles. The normalized spacial score (nSPS) is 12.4. The Labute approximate surface area is 153 Å². The summed E-state index contributed by atoms with van der Waals surface area (Å²) in [4.78, 5) is 12.5. The Morgan fingerprint density at radius 2 is 1.69 bits per heavy atom. The van der Waals surface area contributed by atoms with Crippen molar-refractivity contribution in [2.75, 3.05) is 26.4 Å². The summed E-state index contributed by atoms with van der Waals surface area (Å²) in [7, 11) is 0. The van der Waals surface area contributed by atoms with Crippen molar-refractivity contribution in [3.8, 4) is 23.0 Å². The molecule has 6 nitrogen and oxygen atoms in total. The average molecular weight is 357 g/mol. The third kappa shape index (κ3) is 4.20. The molecule has 0 atom stereocenters. The number of benzene rings is 2. The first-order valence-electron chi connectivity index (χ1n) is 8.77. The van der Waals surface area contributed by atoms with Gasteiger partial charge in [-0.05, 0) is 49.7 Å². The Kier molecular flexibility index (Phi) is 5.84. The SMILES string of the molecule is CCOc1ccc(C(=O)NCc2ccc3c(c2)OCCO3)cc1OCC. The maximum atomic E-state index is 12.5. The van der Waals surface area contributed by atoms with Crippen molar-refractivity contribution in [2.24, 2.45) is 0 Å². The zero-order valence-electron chi connectivity index (χ0n) is 15.0. The number of amides is 1. The Morgan fingerprint density at radius 3 is 2.46 bits per heavy atom. The smallest absolute Gasteiger partial charge is 0.251 e. The molecular formula is C20H23NO5. The number of rotatable bonds is 7. The highest BCUT2D eigenvalue weighted by Gasteiger charge is 2.14. The second-order valence-electron chi connectivity index (χ2n) is 5.69. The molecule has 0 spiro atoms. The Balaban J connectivity index is 1.67. The van der Waals surface area contributed by atoms with E-state index in [0.717, 1.165) is 11.3 Å². The molecule has 2 aromatic rings. The number of hydrogen-bond donors (Lipinski definition) is 1. The van der Waals surface area contributed by atoms with Gasteiger partial charge in [-0.15, -0.1) is 0 Å². The summed E-state index contributed by atoms with van der Waals surface area (Å²) in [5, 5.41) is 2.91. The monoisotopic (exact) mass is 357 g/mol. The van der Waals surface area contributed by atoms with Gasteiger partial charge in [-0.2, -0.15) is 0 Å². The Hall–Kier alpha value is -2.89. The molecule has 2 aromatic carbocycles.